The minimum atomic E-state index is -0.938. The predicted octanol–water partition coefficient (Wildman–Crippen LogP) is 3.61. The number of alkyl carbamates (subject to hydrolysis) is 1. The minimum absolute atomic E-state index is 0.0378. The average molecular weight is 560 g/mol. The van der Waals surface area contributed by atoms with Gasteiger partial charge in [0.1, 0.15) is 17.2 Å². The van der Waals surface area contributed by atoms with Gasteiger partial charge in [0, 0.05) is 24.6 Å². The Balaban J connectivity index is 1.72. The number of ether oxygens (including phenoxy) is 2. The number of fused-ring (bicyclic) bond motifs is 1. The van der Waals surface area contributed by atoms with Crippen molar-refractivity contribution >= 4 is 23.9 Å². The molecule has 3 amide bonds. The molecule has 1 saturated carbocycles. The summed E-state index contributed by atoms with van der Waals surface area (Å²) in [7, 11) is 0. The number of nitrogens with two attached hydrogens (primary N) is 1. The Morgan fingerprint density at radius 2 is 1.80 bits per heavy atom. The molecule has 40 heavy (non-hydrogen) atoms. The summed E-state index contributed by atoms with van der Waals surface area (Å²) in [5.74, 6) is -1.48. The van der Waals surface area contributed by atoms with E-state index in [1.54, 1.807) is 26.8 Å². The first kappa shape index (κ1) is 31.4. The van der Waals surface area contributed by atoms with E-state index in [-0.39, 0.29) is 37.3 Å². The summed E-state index contributed by atoms with van der Waals surface area (Å²) in [5.41, 5.74) is 5.75. The number of primary amides is 1. The second-order valence-electron chi connectivity index (χ2n) is 13.4. The van der Waals surface area contributed by atoms with Gasteiger partial charge in [0.25, 0.3) is 5.91 Å². The van der Waals surface area contributed by atoms with Crippen LogP contribution in [0.3, 0.4) is 0 Å². The van der Waals surface area contributed by atoms with Crippen molar-refractivity contribution in [2.24, 2.45) is 11.7 Å². The van der Waals surface area contributed by atoms with Gasteiger partial charge in [-0.05, 0) is 104 Å². The highest BCUT2D eigenvalue weighted by molar-refractivity contribution is 6.01. The molecule has 0 spiro atoms. The van der Waals surface area contributed by atoms with E-state index in [0.29, 0.717) is 31.2 Å². The number of aliphatic hydroxyl groups is 1. The highest BCUT2D eigenvalue weighted by Gasteiger charge is 2.39. The fraction of sp³-hybridized carbons (Fsp3) is 0.667. The molecule has 3 rings (SSSR count). The van der Waals surface area contributed by atoms with E-state index in [0.717, 1.165) is 11.1 Å². The van der Waals surface area contributed by atoms with E-state index >= 15 is 0 Å². The van der Waals surface area contributed by atoms with Crippen LogP contribution in [0.15, 0.2) is 18.2 Å². The molecule has 2 aliphatic rings. The monoisotopic (exact) mass is 559 g/mol. The van der Waals surface area contributed by atoms with Gasteiger partial charge in [0.2, 0.25) is 5.91 Å². The average Bonchev–Trinajstić information content (AvgIpc) is 3.08. The van der Waals surface area contributed by atoms with Gasteiger partial charge >= 0.3 is 12.1 Å². The molecule has 0 radical (unpaired) electrons. The highest BCUT2D eigenvalue weighted by atomic mass is 16.6. The lowest BCUT2D eigenvalue weighted by Gasteiger charge is -2.40. The maximum absolute atomic E-state index is 13.2. The number of nitrogens with zero attached hydrogens (tertiary/aromatic N) is 1. The number of hydrogen-bond acceptors (Lipinski definition) is 7. The van der Waals surface area contributed by atoms with Gasteiger partial charge in [-0.3, -0.25) is 14.4 Å². The van der Waals surface area contributed by atoms with Gasteiger partial charge in [-0.15, -0.1) is 0 Å². The number of esters is 1. The molecule has 10 nitrogen and oxygen atoms in total. The summed E-state index contributed by atoms with van der Waals surface area (Å²) in [6, 6.07) is 4.44. The number of carbonyl (C=O) groups excluding carboxylic acids is 4. The lowest BCUT2D eigenvalue weighted by molar-refractivity contribution is -0.155. The number of carbonyl (C=O) groups is 4. The zero-order valence-corrected chi connectivity index (χ0v) is 24.8. The Hall–Kier alpha value is -3.14. The fourth-order valence-corrected chi connectivity index (χ4v) is 5.55. The summed E-state index contributed by atoms with van der Waals surface area (Å²) in [6.45, 7) is 12.7. The molecule has 1 aromatic carbocycles. The summed E-state index contributed by atoms with van der Waals surface area (Å²) in [5, 5.41) is 13.8. The van der Waals surface area contributed by atoms with Crippen LogP contribution in [0.2, 0.25) is 0 Å². The van der Waals surface area contributed by atoms with E-state index < -0.39 is 40.8 Å². The molecule has 222 valence electrons. The van der Waals surface area contributed by atoms with Crippen LogP contribution in [-0.2, 0) is 32.0 Å². The van der Waals surface area contributed by atoms with Crippen molar-refractivity contribution in [2.75, 3.05) is 0 Å². The van der Waals surface area contributed by atoms with Crippen molar-refractivity contribution in [1.82, 2.24) is 10.2 Å². The molecule has 4 atom stereocenters. The summed E-state index contributed by atoms with van der Waals surface area (Å²) in [4.78, 5) is 51.6. The molecular formula is C30H45N3O7. The third-order valence-electron chi connectivity index (χ3n) is 7.21. The lowest BCUT2D eigenvalue weighted by atomic mass is 9.73. The summed E-state index contributed by atoms with van der Waals surface area (Å²) >= 11 is 0. The van der Waals surface area contributed by atoms with Crippen molar-refractivity contribution in [2.45, 2.75) is 122 Å². The predicted molar refractivity (Wildman–Crippen MR) is 149 cm³/mol. The van der Waals surface area contributed by atoms with E-state index in [4.69, 9.17) is 15.2 Å². The summed E-state index contributed by atoms with van der Waals surface area (Å²) in [6.07, 6.45) is 1.82. The second kappa shape index (κ2) is 11.8. The smallest absolute Gasteiger partial charge is 0.407 e. The Labute approximate surface area is 236 Å². The van der Waals surface area contributed by atoms with Crippen LogP contribution in [0.5, 0.6) is 0 Å². The Morgan fingerprint density at radius 3 is 2.40 bits per heavy atom. The lowest BCUT2D eigenvalue weighted by Crippen LogP contribution is -2.49. The number of rotatable bonds is 8. The molecule has 1 aromatic rings. The molecule has 0 bridgehead atoms. The van der Waals surface area contributed by atoms with E-state index in [1.807, 2.05) is 39.8 Å². The van der Waals surface area contributed by atoms with Gasteiger partial charge < -0.3 is 30.5 Å². The van der Waals surface area contributed by atoms with Gasteiger partial charge in [-0.25, -0.2) is 4.79 Å². The Morgan fingerprint density at radius 1 is 1.15 bits per heavy atom. The zero-order valence-electron chi connectivity index (χ0n) is 24.8. The number of hydrogen-bond donors (Lipinski definition) is 3. The highest BCUT2D eigenvalue weighted by Crippen LogP contribution is 2.36. The molecule has 0 saturated heterocycles. The Kier molecular flexibility index (Phi) is 9.23. The van der Waals surface area contributed by atoms with Crippen LogP contribution >= 0.6 is 0 Å². The molecule has 1 unspecified atom stereocenters. The topological polar surface area (TPSA) is 148 Å². The zero-order chi connectivity index (χ0) is 30.0. The van der Waals surface area contributed by atoms with Gasteiger partial charge in [-0.1, -0.05) is 12.1 Å². The van der Waals surface area contributed by atoms with Crippen molar-refractivity contribution in [3.63, 3.8) is 0 Å². The molecule has 1 fully saturated rings. The maximum Gasteiger partial charge on any atom is 0.407 e. The maximum atomic E-state index is 13.2. The van der Waals surface area contributed by atoms with Crippen molar-refractivity contribution in [3.8, 4) is 0 Å². The quantitative estimate of drug-likeness (QED) is 0.412. The first-order valence-electron chi connectivity index (χ1n) is 14.0. The van der Waals surface area contributed by atoms with Crippen LogP contribution in [0.4, 0.5) is 4.79 Å². The van der Waals surface area contributed by atoms with Gasteiger partial charge in [0.15, 0.2) is 0 Å². The normalized spacial score (nSPS) is 23.8. The van der Waals surface area contributed by atoms with E-state index in [2.05, 4.69) is 5.32 Å². The molecular weight excluding hydrogens is 514 g/mol. The number of amides is 3. The van der Waals surface area contributed by atoms with E-state index in [9.17, 15) is 24.3 Å². The largest absolute Gasteiger partial charge is 0.460 e. The van der Waals surface area contributed by atoms with Gasteiger partial charge in [0.05, 0.1) is 5.60 Å². The van der Waals surface area contributed by atoms with E-state index in [1.165, 1.54) is 4.90 Å². The summed E-state index contributed by atoms with van der Waals surface area (Å²) < 4.78 is 10.8. The van der Waals surface area contributed by atoms with Crippen molar-refractivity contribution < 1.29 is 33.8 Å². The molecule has 1 aliphatic heterocycles. The van der Waals surface area contributed by atoms with Crippen LogP contribution < -0.4 is 11.1 Å². The molecule has 4 N–H and O–H groups in total. The Bertz CT molecular complexity index is 1130. The third kappa shape index (κ3) is 8.68. The fourth-order valence-electron chi connectivity index (χ4n) is 5.55. The molecule has 10 heteroatoms. The molecule has 1 aliphatic carbocycles. The minimum Gasteiger partial charge on any atom is -0.460 e. The SMILES string of the molecule is CC(C)(C)OC(=O)CCC(C(N)=O)N1Cc2cc(C[C@H]3C[C@](C)(O)CC[C@@H]3NC(=O)OC(C)(C)C)ccc2C1=O. The van der Waals surface area contributed by atoms with Gasteiger partial charge in [-0.2, -0.15) is 0 Å². The van der Waals surface area contributed by atoms with Crippen LogP contribution in [0.25, 0.3) is 0 Å². The van der Waals surface area contributed by atoms with Crippen molar-refractivity contribution in [3.05, 3.63) is 34.9 Å². The third-order valence-corrected chi connectivity index (χ3v) is 7.21. The first-order valence-corrected chi connectivity index (χ1v) is 14.0. The standard InChI is InChI=1S/C30H45N3O7/c1-28(2,3)39-24(34)11-10-23(25(31)35)33-17-20-15-18(8-9-21(20)26(33)36)14-19-16-30(7,38)13-12-22(19)32-27(37)40-29(4,5)6/h8-9,15,19,22-23,38H,10-14,16-17H2,1-7H3,(H2,31,35)(H,32,37)/t19-,22-,23?,30+/m0/s1. The first-order chi connectivity index (χ1) is 18.3. The molecule has 1 heterocycles. The second-order valence-corrected chi connectivity index (χ2v) is 13.4. The van der Waals surface area contributed by atoms with Crippen molar-refractivity contribution in [1.29, 1.82) is 0 Å². The van der Waals surface area contributed by atoms with Crippen LogP contribution in [0.1, 0.15) is 102 Å². The van der Waals surface area contributed by atoms with Crippen LogP contribution in [0, 0.1) is 5.92 Å². The molecule has 0 aromatic heterocycles. The van der Waals surface area contributed by atoms with Crippen LogP contribution in [-0.4, -0.2) is 62.8 Å². The number of nitrogens with one attached hydrogen (secondary N) is 1. The number of benzene rings is 1.